The number of piperidine rings is 1. The minimum absolute atomic E-state index is 0.135. The monoisotopic (exact) mass is 520 g/mol. The summed E-state index contributed by atoms with van der Waals surface area (Å²) < 4.78 is 42.0. The van der Waals surface area contributed by atoms with Crippen molar-refractivity contribution in [3.8, 4) is 10.7 Å². The Morgan fingerprint density at radius 3 is 2.78 bits per heavy atom. The molecule has 1 saturated heterocycles. The van der Waals surface area contributed by atoms with Gasteiger partial charge in [-0.3, -0.25) is 4.79 Å². The number of alkyl halides is 3. The molecule has 2 aliphatic heterocycles. The van der Waals surface area contributed by atoms with Gasteiger partial charge in [0.2, 0.25) is 5.91 Å². The van der Waals surface area contributed by atoms with Crippen LogP contribution in [0.5, 0.6) is 0 Å². The van der Waals surface area contributed by atoms with Crippen LogP contribution in [-0.4, -0.2) is 64.5 Å². The molecule has 1 amide bonds. The molecule has 5 rings (SSSR count). The molecule has 0 aliphatic carbocycles. The zero-order valence-electron chi connectivity index (χ0n) is 19.7. The summed E-state index contributed by atoms with van der Waals surface area (Å²) in [5.74, 6) is -0.250. The number of carbonyl (C=O) groups is 1. The SMILES string of the molecule is CN1CCC(Nc2cccc3c2cc(-c2nnc(CNC(=O)C4=CNNC4)s2)n3CC(F)(F)F)CC1. The van der Waals surface area contributed by atoms with E-state index in [-0.39, 0.29) is 18.5 Å². The van der Waals surface area contributed by atoms with Crippen molar-refractivity contribution in [2.45, 2.75) is 38.1 Å². The Labute approximate surface area is 209 Å². The number of benzene rings is 1. The van der Waals surface area contributed by atoms with Crippen LogP contribution in [0.4, 0.5) is 18.9 Å². The number of carbonyl (C=O) groups excluding carboxylic acids is 1. The zero-order valence-corrected chi connectivity index (χ0v) is 20.5. The molecule has 4 N–H and O–H groups in total. The number of hydrogen-bond donors (Lipinski definition) is 4. The minimum atomic E-state index is -4.41. The summed E-state index contributed by atoms with van der Waals surface area (Å²) in [6.07, 6.45) is -0.890. The van der Waals surface area contributed by atoms with E-state index in [9.17, 15) is 18.0 Å². The quantitative estimate of drug-likeness (QED) is 0.380. The van der Waals surface area contributed by atoms with Crippen LogP contribution in [-0.2, 0) is 17.9 Å². The normalized spacial score (nSPS) is 17.3. The molecule has 0 unspecified atom stereocenters. The molecule has 3 aromatic rings. The van der Waals surface area contributed by atoms with Crippen LogP contribution < -0.4 is 21.5 Å². The van der Waals surface area contributed by atoms with E-state index < -0.39 is 12.7 Å². The lowest BCUT2D eigenvalue weighted by Crippen LogP contribution is -2.36. The van der Waals surface area contributed by atoms with E-state index in [0.717, 1.165) is 31.6 Å². The highest BCUT2D eigenvalue weighted by atomic mass is 32.1. The molecular formula is C23H27F3N8OS. The number of hydrogen-bond acceptors (Lipinski definition) is 8. The Hall–Kier alpha value is -3.16. The number of hydrazine groups is 1. The summed E-state index contributed by atoms with van der Waals surface area (Å²) >= 11 is 1.17. The van der Waals surface area contributed by atoms with Crippen LogP contribution in [0, 0.1) is 0 Å². The standard InChI is InChI=1S/C23H27F3N8OS/c1-33-7-5-15(6-8-33)30-17-3-2-4-18-16(17)9-19(34(18)13-23(24,25)26)22-32-31-20(36-22)12-27-21(35)14-10-28-29-11-14/h2-4,9-10,15,28-30H,5-8,11-13H2,1H3,(H,27,35). The molecule has 0 spiro atoms. The number of anilines is 1. The Kier molecular flexibility index (Phi) is 6.86. The van der Waals surface area contributed by atoms with E-state index in [2.05, 4.69) is 43.6 Å². The first-order valence-corrected chi connectivity index (χ1v) is 12.5. The molecule has 0 bridgehead atoms. The van der Waals surface area contributed by atoms with E-state index in [4.69, 9.17) is 0 Å². The molecule has 0 saturated carbocycles. The molecule has 1 aromatic carbocycles. The second-order valence-corrected chi connectivity index (χ2v) is 10.1. The van der Waals surface area contributed by atoms with Crippen molar-refractivity contribution in [1.82, 2.24) is 35.8 Å². The predicted octanol–water partition coefficient (Wildman–Crippen LogP) is 2.84. The number of halogens is 3. The molecule has 36 heavy (non-hydrogen) atoms. The molecule has 192 valence electrons. The largest absolute Gasteiger partial charge is 0.406 e. The summed E-state index contributed by atoms with van der Waals surface area (Å²) in [6, 6.07) is 7.40. The molecule has 2 aliphatic rings. The van der Waals surface area contributed by atoms with E-state index in [1.165, 1.54) is 15.9 Å². The van der Waals surface area contributed by atoms with Gasteiger partial charge in [-0.2, -0.15) is 13.2 Å². The maximum Gasteiger partial charge on any atom is 0.406 e. The number of amides is 1. The molecule has 2 aromatic heterocycles. The van der Waals surface area contributed by atoms with Crippen molar-refractivity contribution in [3.05, 3.63) is 41.0 Å². The summed E-state index contributed by atoms with van der Waals surface area (Å²) in [5, 5.41) is 16.2. The predicted molar refractivity (Wildman–Crippen MR) is 132 cm³/mol. The fraction of sp³-hybridized carbons (Fsp3) is 0.435. The van der Waals surface area contributed by atoms with Gasteiger partial charge >= 0.3 is 6.18 Å². The Morgan fingerprint density at radius 2 is 2.06 bits per heavy atom. The number of nitrogens with one attached hydrogen (secondary N) is 4. The second-order valence-electron chi connectivity index (χ2n) is 9.04. The van der Waals surface area contributed by atoms with Gasteiger partial charge in [0.25, 0.3) is 0 Å². The fourth-order valence-corrected chi connectivity index (χ4v) is 5.29. The first-order chi connectivity index (χ1) is 17.3. The lowest BCUT2D eigenvalue weighted by molar-refractivity contribution is -0.139. The van der Waals surface area contributed by atoms with Crippen molar-refractivity contribution in [1.29, 1.82) is 0 Å². The van der Waals surface area contributed by atoms with Crippen molar-refractivity contribution in [2.24, 2.45) is 0 Å². The van der Waals surface area contributed by atoms with Crippen LogP contribution >= 0.6 is 11.3 Å². The Bertz CT molecular complexity index is 1280. The van der Waals surface area contributed by atoms with Crippen molar-refractivity contribution >= 4 is 33.8 Å². The molecule has 13 heteroatoms. The fourth-order valence-electron chi connectivity index (χ4n) is 4.49. The molecule has 9 nitrogen and oxygen atoms in total. The third-order valence-electron chi connectivity index (χ3n) is 6.37. The summed E-state index contributed by atoms with van der Waals surface area (Å²) in [5.41, 5.74) is 7.76. The van der Waals surface area contributed by atoms with E-state index in [1.807, 2.05) is 6.07 Å². The molecule has 4 heterocycles. The highest BCUT2D eigenvalue weighted by Gasteiger charge is 2.31. The summed E-state index contributed by atoms with van der Waals surface area (Å²) in [7, 11) is 2.09. The minimum Gasteiger partial charge on any atom is -0.382 e. The molecule has 1 fully saturated rings. The topological polar surface area (TPSA) is 99.1 Å². The van der Waals surface area contributed by atoms with Crippen molar-refractivity contribution < 1.29 is 18.0 Å². The number of aromatic nitrogens is 3. The average molecular weight is 521 g/mol. The Morgan fingerprint density at radius 1 is 1.25 bits per heavy atom. The molecule has 0 radical (unpaired) electrons. The molecular weight excluding hydrogens is 493 g/mol. The van der Waals surface area contributed by atoms with E-state index in [0.29, 0.717) is 38.7 Å². The lowest BCUT2D eigenvalue weighted by atomic mass is 10.0. The van der Waals surface area contributed by atoms with Gasteiger partial charge in [0.05, 0.1) is 17.8 Å². The average Bonchev–Trinajstić information content (AvgIpc) is 3.59. The summed E-state index contributed by atoms with van der Waals surface area (Å²) in [6.45, 7) is 1.35. The first kappa shape index (κ1) is 24.5. The van der Waals surface area contributed by atoms with Gasteiger partial charge in [0, 0.05) is 35.4 Å². The van der Waals surface area contributed by atoms with Crippen LogP contribution in [0.1, 0.15) is 17.8 Å². The highest BCUT2D eigenvalue weighted by Crippen LogP contribution is 2.36. The zero-order chi connectivity index (χ0) is 25.3. The number of likely N-dealkylation sites (tertiary alicyclic amines) is 1. The number of nitrogens with zero attached hydrogens (tertiary/aromatic N) is 4. The van der Waals surface area contributed by atoms with Gasteiger partial charge in [0.1, 0.15) is 11.6 Å². The van der Waals surface area contributed by atoms with Crippen molar-refractivity contribution in [2.75, 3.05) is 32.0 Å². The van der Waals surface area contributed by atoms with Crippen LogP contribution in [0.2, 0.25) is 0 Å². The van der Waals surface area contributed by atoms with Crippen molar-refractivity contribution in [3.63, 3.8) is 0 Å². The highest BCUT2D eigenvalue weighted by molar-refractivity contribution is 7.14. The second kappa shape index (κ2) is 10.1. The van der Waals surface area contributed by atoms with E-state index in [1.54, 1.807) is 24.4 Å². The number of fused-ring (bicyclic) bond motifs is 1. The van der Waals surface area contributed by atoms with Gasteiger partial charge in [-0.15, -0.1) is 10.2 Å². The van der Waals surface area contributed by atoms with Crippen LogP contribution in [0.15, 0.2) is 36.0 Å². The Balaban J connectivity index is 1.42. The maximum absolute atomic E-state index is 13.6. The summed E-state index contributed by atoms with van der Waals surface area (Å²) in [4.78, 5) is 14.5. The van der Waals surface area contributed by atoms with Crippen LogP contribution in [0.25, 0.3) is 21.6 Å². The van der Waals surface area contributed by atoms with Gasteiger partial charge in [-0.1, -0.05) is 17.4 Å². The molecule has 0 atom stereocenters. The third kappa shape index (κ3) is 5.47. The third-order valence-corrected chi connectivity index (χ3v) is 7.31. The van der Waals surface area contributed by atoms with E-state index >= 15 is 0 Å². The van der Waals surface area contributed by atoms with Crippen LogP contribution in [0.3, 0.4) is 0 Å². The van der Waals surface area contributed by atoms with Gasteiger partial charge in [-0.05, 0) is 51.2 Å². The van der Waals surface area contributed by atoms with Gasteiger partial charge in [-0.25, -0.2) is 5.43 Å². The first-order valence-electron chi connectivity index (χ1n) is 11.7. The smallest absolute Gasteiger partial charge is 0.382 e. The van der Waals surface area contributed by atoms with Gasteiger partial charge < -0.3 is 25.5 Å². The lowest BCUT2D eigenvalue weighted by Gasteiger charge is -2.30. The number of rotatable bonds is 7. The maximum atomic E-state index is 13.6. The van der Waals surface area contributed by atoms with Gasteiger partial charge in [0.15, 0.2) is 5.01 Å².